The Morgan fingerprint density at radius 1 is 1.22 bits per heavy atom. The summed E-state index contributed by atoms with van der Waals surface area (Å²) in [5.74, 6) is 1.13. The fourth-order valence-electron chi connectivity index (χ4n) is 2.92. The minimum Gasteiger partial charge on any atom is -0.371 e. The highest BCUT2D eigenvalue weighted by Crippen LogP contribution is 2.25. The third-order valence-corrected chi connectivity index (χ3v) is 3.84. The average Bonchev–Trinajstić information content (AvgIpc) is 2.98. The SMILES string of the molecule is CCCn1c(C)nc2cc(N3CCCC3)ccc21. The van der Waals surface area contributed by atoms with E-state index in [9.17, 15) is 0 Å². The van der Waals surface area contributed by atoms with Gasteiger partial charge >= 0.3 is 0 Å². The fourth-order valence-corrected chi connectivity index (χ4v) is 2.92. The van der Waals surface area contributed by atoms with E-state index in [1.165, 1.54) is 37.1 Å². The van der Waals surface area contributed by atoms with E-state index in [0.29, 0.717) is 0 Å². The lowest BCUT2D eigenvalue weighted by Gasteiger charge is -2.17. The summed E-state index contributed by atoms with van der Waals surface area (Å²) >= 11 is 0. The van der Waals surface area contributed by atoms with Gasteiger partial charge < -0.3 is 9.47 Å². The molecule has 3 rings (SSSR count). The fraction of sp³-hybridized carbons (Fsp3) is 0.533. The Morgan fingerprint density at radius 2 is 2.00 bits per heavy atom. The topological polar surface area (TPSA) is 21.1 Å². The third-order valence-electron chi connectivity index (χ3n) is 3.84. The van der Waals surface area contributed by atoms with Crippen LogP contribution in [0.15, 0.2) is 18.2 Å². The number of aryl methyl sites for hydroxylation is 2. The second-order valence-corrected chi connectivity index (χ2v) is 5.18. The maximum Gasteiger partial charge on any atom is 0.106 e. The van der Waals surface area contributed by atoms with Crippen LogP contribution in [0.2, 0.25) is 0 Å². The van der Waals surface area contributed by atoms with Crippen LogP contribution in [0.25, 0.3) is 11.0 Å². The van der Waals surface area contributed by atoms with Crippen LogP contribution < -0.4 is 4.90 Å². The quantitative estimate of drug-likeness (QED) is 0.824. The molecule has 0 N–H and O–H groups in total. The number of hydrogen-bond acceptors (Lipinski definition) is 2. The molecule has 2 heterocycles. The highest BCUT2D eigenvalue weighted by Gasteiger charge is 2.14. The Balaban J connectivity index is 2.02. The van der Waals surface area contributed by atoms with Gasteiger partial charge in [0.25, 0.3) is 0 Å². The van der Waals surface area contributed by atoms with E-state index < -0.39 is 0 Å². The highest BCUT2D eigenvalue weighted by molar-refractivity contribution is 5.80. The predicted octanol–water partition coefficient (Wildman–Crippen LogP) is 3.35. The molecular weight excluding hydrogens is 222 g/mol. The van der Waals surface area contributed by atoms with E-state index in [2.05, 4.69) is 41.5 Å². The number of rotatable bonds is 3. The Bertz CT molecular complexity index is 550. The molecule has 1 aliphatic rings. The van der Waals surface area contributed by atoms with Gasteiger partial charge in [0.05, 0.1) is 11.0 Å². The molecule has 1 aliphatic heterocycles. The van der Waals surface area contributed by atoms with Gasteiger partial charge in [-0.15, -0.1) is 0 Å². The molecule has 0 spiro atoms. The lowest BCUT2D eigenvalue weighted by molar-refractivity contribution is 0.676. The van der Waals surface area contributed by atoms with Crippen LogP contribution in [0.4, 0.5) is 5.69 Å². The molecule has 0 bridgehead atoms. The van der Waals surface area contributed by atoms with E-state index in [0.717, 1.165) is 24.3 Å². The molecule has 1 fully saturated rings. The molecule has 3 nitrogen and oxygen atoms in total. The van der Waals surface area contributed by atoms with Gasteiger partial charge in [0.1, 0.15) is 5.82 Å². The number of imidazole rings is 1. The molecule has 18 heavy (non-hydrogen) atoms. The molecule has 2 aromatic rings. The molecular formula is C15H21N3. The Labute approximate surface area is 108 Å². The minimum absolute atomic E-state index is 1.06. The number of anilines is 1. The number of nitrogens with zero attached hydrogens (tertiary/aromatic N) is 3. The van der Waals surface area contributed by atoms with E-state index in [4.69, 9.17) is 4.98 Å². The normalized spacial score (nSPS) is 15.8. The molecule has 3 heteroatoms. The summed E-state index contributed by atoms with van der Waals surface area (Å²) in [6.07, 6.45) is 3.79. The monoisotopic (exact) mass is 243 g/mol. The number of hydrogen-bond donors (Lipinski definition) is 0. The van der Waals surface area contributed by atoms with Crippen molar-refractivity contribution >= 4 is 16.7 Å². The van der Waals surface area contributed by atoms with E-state index >= 15 is 0 Å². The van der Waals surface area contributed by atoms with Gasteiger partial charge in [-0.25, -0.2) is 4.98 Å². The summed E-state index contributed by atoms with van der Waals surface area (Å²) in [7, 11) is 0. The van der Waals surface area contributed by atoms with Crippen molar-refractivity contribution in [1.82, 2.24) is 9.55 Å². The second-order valence-electron chi connectivity index (χ2n) is 5.18. The van der Waals surface area contributed by atoms with Crippen molar-refractivity contribution in [1.29, 1.82) is 0 Å². The van der Waals surface area contributed by atoms with Gasteiger partial charge in [-0.3, -0.25) is 0 Å². The van der Waals surface area contributed by atoms with E-state index in [-0.39, 0.29) is 0 Å². The Kier molecular flexibility index (Phi) is 2.98. The highest BCUT2D eigenvalue weighted by atomic mass is 15.1. The van der Waals surface area contributed by atoms with Crippen LogP contribution in [0, 0.1) is 6.92 Å². The zero-order valence-corrected chi connectivity index (χ0v) is 11.3. The van der Waals surface area contributed by atoms with Crippen LogP contribution in [0.3, 0.4) is 0 Å². The van der Waals surface area contributed by atoms with Gasteiger partial charge in [-0.05, 0) is 44.4 Å². The summed E-state index contributed by atoms with van der Waals surface area (Å²) < 4.78 is 2.32. The first-order valence-electron chi connectivity index (χ1n) is 7.01. The molecule has 0 unspecified atom stereocenters. The zero-order chi connectivity index (χ0) is 12.5. The molecule has 0 aliphatic carbocycles. The van der Waals surface area contributed by atoms with Crippen molar-refractivity contribution in [3.05, 3.63) is 24.0 Å². The molecule has 0 radical (unpaired) electrons. The average molecular weight is 243 g/mol. The summed E-state index contributed by atoms with van der Waals surface area (Å²) in [4.78, 5) is 7.17. The Morgan fingerprint density at radius 3 is 2.72 bits per heavy atom. The van der Waals surface area contributed by atoms with Crippen LogP contribution in [0.5, 0.6) is 0 Å². The number of benzene rings is 1. The molecule has 1 aromatic carbocycles. The summed E-state index contributed by atoms with van der Waals surface area (Å²) in [6, 6.07) is 6.74. The summed E-state index contributed by atoms with van der Waals surface area (Å²) in [5, 5.41) is 0. The van der Waals surface area contributed by atoms with Gasteiger partial charge in [0, 0.05) is 25.3 Å². The maximum atomic E-state index is 4.70. The van der Waals surface area contributed by atoms with E-state index in [1.54, 1.807) is 0 Å². The van der Waals surface area contributed by atoms with Gasteiger partial charge in [-0.1, -0.05) is 6.92 Å². The molecule has 96 valence electrons. The van der Waals surface area contributed by atoms with Crippen molar-refractivity contribution in [3.63, 3.8) is 0 Å². The first-order chi connectivity index (χ1) is 8.79. The van der Waals surface area contributed by atoms with Crippen molar-refractivity contribution in [2.45, 2.75) is 39.7 Å². The van der Waals surface area contributed by atoms with Crippen LogP contribution in [-0.2, 0) is 6.54 Å². The predicted molar refractivity (Wildman–Crippen MR) is 76.2 cm³/mol. The Hall–Kier alpha value is -1.51. The number of fused-ring (bicyclic) bond motifs is 1. The summed E-state index contributed by atoms with van der Waals surface area (Å²) in [6.45, 7) is 7.76. The lowest BCUT2D eigenvalue weighted by Crippen LogP contribution is -2.17. The van der Waals surface area contributed by atoms with Crippen molar-refractivity contribution in [3.8, 4) is 0 Å². The smallest absolute Gasteiger partial charge is 0.106 e. The molecule has 1 saturated heterocycles. The van der Waals surface area contributed by atoms with Crippen molar-refractivity contribution < 1.29 is 0 Å². The largest absolute Gasteiger partial charge is 0.371 e. The van der Waals surface area contributed by atoms with Crippen LogP contribution in [0.1, 0.15) is 32.0 Å². The first kappa shape index (κ1) is 11.6. The van der Waals surface area contributed by atoms with Gasteiger partial charge in [0.15, 0.2) is 0 Å². The van der Waals surface area contributed by atoms with Crippen LogP contribution >= 0.6 is 0 Å². The van der Waals surface area contributed by atoms with Gasteiger partial charge in [0.2, 0.25) is 0 Å². The third kappa shape index (κ3) is 1.88. The zero-order valence-electron chi connectivity index (χ0n) is 11.3. The van der Waals surface area contributed by atoms with Crippen LogP contribution in [-0.4, -0.2) is 22.6 Å². The molecule has 0 amide bonds. The summed E-state index contributed by atoms with van der Waals surface area (Å²) in [5.41, 5.74) is 3.75. The molecule has 0 saturated carbocycles. The molecule has 1 aromatic heterocycles. The maximum absolute atomic E-state index is 4.70. The lowest BCUT2D eigenvalue weighted by atomic mass is 10.2. The van der Waals surface area contributed by atoms with E-state index in [1.807, 2.05) is 0 Å². The van der Waals surface area contributed by atoms with Crippen molar-refractivity contribution in [2.24, 2.45) is 0 Å². The van der Waals surface area contributed by atoms with Crippen molar-refractivity contribution in [2.75, 3.05) is 18.0 Å². The van der Waals surface area contributed by atoms with Gasteiger partial charge in [-0.2, -0.15) is 0 Å². The first-order valence-corrected chi connectivity index (χ1v) is 7.01. The second kappa shape index (κ2) is 4.63. The standard InChI is InChI=1S/C15H21N3/c1-3-8-18-12(2)16-14-11-13(6-7-15(14)18)17-9-4-5-10-17/h6-7,11H,3-5,8-10H2,1-2H3. The number of aromatic nitrogens is 2. The minimum atomic E-state index is 1.06. The molecule has 0 atom stereocenters.